The zero-order valence-corrected chi connectivity index (χ0v) is 6.15. The lowest BCUT2D eigenvalue weighted by Gasteiger charge is -2.06. The van der Waals surface area contributed by atoms with Crippen molar-refractivity contribution in [1.82, 2.24) is 5.32 Å². The molecule has 0 bridgehead atoms. The normalized spacial score (nSPS) is 13.2. The quantitative estimate of drug-likeness (QED) is 0.436. The van der Waals surface area contributed by atoms with E-state index in [-0.39, 0.29) is 0 Å². The molecule has 0 radical (unpaired) electrons. The summed E-state index contributed by atoms with van der Waals surface area (Å²) in [5.41, 5.74) is 1.12. The van der Waals surface area contributed by atoms with E-state index in [1.807, 2.05) is 6.92 Å². The molecule has 0 aromatic heterocycles. The third-order valence-corrected chi connectivity index (χ3v) is 1.15. The summed E-state index contributed by atoms with van der Waals surface area (Å²) < 4.78 is 0. The fourth-order valence-electron chi connectivity index (χ4n) is 0.417. The third-order valence-electron chi connectivity index (χ3n) is 1.15. The summed E-state index contributed by atoms with van der Waals surface area (Å²) in [4.78, 5) is 0. The molecule has 1 atom stereocenters. The molecule has 0 aliphatic heterocycles. The molecule has 0 rings (SSSR count). The zero-order valence-electron chi connectivity index (χ0n) is 6.15. The number of nitrogens with one attached hydrogen (secondary N) is 1. The first-order chi connectivity index (χ1) is 4.16. The number of hydrogen-bond donors (Lipinski definition) is 2. The van der Waals surface area contributed by atoms with Crippen molar-refractivity contribution in [2.75, 3.05) is 6.54 Å². The van der Waals surface area contributed by atoms with Crippen molar-refractivity contribution in [3.05, 3.63) is 12.2 Å². The Morgan fingerprint density at radius 1 is 1.78 bits per heavy atom. The molecule has 2 nitrogen and oxygen atoms in total. The molecule has 9 heavy (non-hydrogen) atoms. The van der Waals surface area contributed by atoms with Crippen molar-refractivity contribution >= 4 is 0 Å². The first-order valence-corrected chi connectivity index (χ1v) is 3.25. The van der Waals surface area contributed by atoms with Gasteiger partial charge in [0, 0.05) is 6.54 Å². The lowest BCUT2D eigenvalue weighted by molar-refractivity contribution is 0.160. The van der Waals surface area contributed by atoms with Gasteiger partial charge in [-0.15, -0.1) is 0 Å². The summed E-state index contributed by atoms with van der Waals surface area (Å²) in [6.45, 7) is 8.23. The number of hydrogen-bond acceptors (Lipinski definition) is 2. The van der Waals surface area contributed by atoms with Crippen molar-refractivity contribution < 1.29 is 5.11 Å². The molecule has 0 spiro atoms. The second-order valence-electron chi connectivity index (χ2n) is 2.16. The molecule has 0 saturated heterocycles. The molecule has 0 aliphatic carbocycles. The molecule has 1 unspecified atom stereocenters. The summed E-state index contributed by atoms with van der Waals surface area (Å²) in [6.07, 6.45) is 0.549. The molecule has 2 heteroatoms. The van der Waals surface area contributed by atoms with Crippen LogP contribution in [0.4, 0.5) is 0 Å². The van der Waals surface area contributed by atoms with Crippen molar-refractivity contribution in [3.63, 3.8) is 0 Å². The monoisotopic (exact) mass is 129 g/mol. The summed E-state index contributed by atoms with van der Waals surface area (Å²) in [7, 11) is 0. The van der Waals surface area contributed by atoms with Crippen molar-refractivity contribution in [1.29, 1.82) is 0 Å². The largest absolute Gasteiger partial charge is 0.379 e. The first kappa shape index (κ1) is 8.66. The molecular weight excluding hydrogens is 114 g/mol. The summed E-state index contributed by atoms with van der Waals surface area (Å²) in [6, 6.07) is 0. The van der Waals surface area contributed by atoms with Gasteiger partial charge in [0.25, 0.3) is 0 Å². The van der Waals surface area contributed by atoms with Gasteiger partial charge >= 0.3 is 0 Å². The second-order valence-corrected chi connectivity index (χ2v) is 2.16. The van der Waals surface area contributed by atoms with Gasteiger partial charge in [-0.1, -0.05) is 19.1 Å². The van der Waals surface area contributed by atoms with Crippen LogP contribution in [0, 0.1) is 0 Å². The van der Waals surface area contributed by atoms with E-state index in [4.69, 9.17) is 5.11 Å². The van der Waals surface area contributed by atoms with Crippen LogP contribution in [0.2, 0.25) is 0 Å². The summed E-state index contributed by atoms with van der Waals surface area (Å²) >= 11 is 0. The molecule has 0 saturated carbocycles. The highest BCUT2D eigenvalue weighted by atomic mass is 16.3. The molecule has 0 heterocycles. The number of aliphatic hydroxyl groups excluding tert-OH is 1. The van der Waals surface area contributed by atoms with Gasteiger partial charge in [-0.25, -0.2) is 0 Å². The van der Waals surface area contributed by atoms with Crippen molar-refractivity contribution in [3.8, 4) is 0 Å². The third kappa shape index (κ3) is 5.53. The Balaban J connectivity index is 3.17. The van der Waals surface area contributed by atoms with E-state index >= 15 is 0 Å². The molecule has 2 N–H and O–H groups in total. The van der Waals surface area contributed by atoms with Gasteiger partial charge in [-0.2, -0.15) is 0 Å². The Labute approximate surface area is 56.6 Å². The minimum Gasteiger partial charge on any atom is -0.379 e. The maximum atomic E-state index is 8.74. The lowest BCUT2D eigenvalue weighted by atomic mass is 10.2. The van der Waals surface area contributed by atoms with Crippen LogP contribution in [0.3, 0.4) is 0 Å². The van der Waals surface area contributed by atoms with E-state index in [1.54, 1.807) is 6.92 Å². The molecule has 0 aromatic carbocycles. The minimum absolute atomic E-state index is 0.423. The average Bonchev–Trinajstić information content (AvgIpc) is 1.83. The number of aliphatic hydroxyl groups is 1. The van der Waals surface area contributed by atoms with Gasteiger partial charge in [0.05, 0.1) is 0 Å². The predicted octanol–water partition coefficient (Wildman–Crippen LogP) is 0.880. The predicted molar refractivity (Wildman–Crippen MR) is 39.1 cm³/mol. The molecular formula is C7H15NO. The van der Waals surface area contributed by atoms with E-state index in [0.717, 1.165) is 12.0 Å². The van der Waals surface area contributed by atoms with E-state index < -0.39 is 6.23 Å². The summed E-state index contributed by atoms with van der Waals surface area (Å²) in [5.74, 6) is 0. The fourth-order valence-corrected chi connectivity index (χ4v) is 0.417. The SMILES string of the molecule is C=C(CC)CNC(C)O. The highest BCUT2D eigenvalue weighted by molar-refractivity contribution is 4.94. The first-order valence-electron chi connectivity index (χ1n) is 3.25. The molecule has 0 aromatic rings. The van der Waals surface area contributed by atoms with Gasteiger partial charge in [-0.05, 0) is 13.3 Å². The van der Waals surface area contributed by atoms with Gasteiger partial charge in [0.2, 0.25) is 0 Å². The maximum absolute atomic E-state index is 8.74. The van der Waals surface area contributed by atoms with E-state index in [1.165, 1.54) is 0 Å². The Bertz CT molecular complexity index is 88.9. The van der Waals surface area contributed by atoms with Crippen LogP contribution in [-0.2, 0) is 0 Å². The van der Waals surface area contributed by atoms with Gasteiger partial charge in [-0.3, -0.25) is 5.32 Å². The van der Waals surface area contributed by atoms with Gasteiger partial charge in [0.1, 0.15) is 6.23 Å². The molecule has 0 fully saturated rings. The van der Waals surface area contributed by atoms with E-state index in [2.05, 4.69) is 11.9 Å². The van der Waals surface area contributed by atoms with Crippen LogP contribution in [0.15, 0.2) is 12.2 Å². The van der Waals surface area contributed by atoms with Crippen LogP contribution >= 0.6 is 0 Å². The second kappa shape index (κ2) is 4.53. The van der Waals surface area contributed by atoms with Crippen LogP contribution < -0.4 is 5.32 Å². The van der Waals surface area contributed by atoms with Crippen LogP contribution in [0.1, 0.15) is 20.3 Å². The summed E-state index contributed by atoms with van der Waals surface area (Å²) in [5, 5.41) is 11.6. The standard InChI is InChI=1S/C7H15NO/c1-4-6(2)5-8-7(3)9/h7-9H,2,4-5H2,1,3H3. The smallest absolute Gasteiger partial charge is 0.102 e. The highest BCUT2D eigenvalue weighted by Gasteiger charge is 1.92. The lowest BCUT2D eigenvalue weighted by Crippen LogP contribution is -2.26. The highest BCUT2D eigenvalue weighted by Crippen LogP contribution is 1.92. The minimum atomic E-state index is -0.423. The van der Waals surface area contributed by atoms with Crippen molar-refractivity contribution in [2.45, 2.75) is 26.5 Å². The zero-order chi connectivity index (χ0) is 7.28. The van der Waals surface area contributed by atoms with Gasteiger partial charge in [0.15, 0.2) is 0 Å². The van der Waals surface area contributed by atoms with Crippen LogP contribution in [0.5, 0.6) is 0 Å². The van der Waals surface area contributed by atoms with Crippen LogP contribution in [0.25, 0.3) is 0 Å². The Morgan fingerprint density at radius 2 is 2.33 bits per heavy atom. The molecule has 0 aliphatic rings. The topological polar surface area (TPSA) is 32.3 Å². The van der Waals surface area contributed by atoms with E-state index in [0.29, 0.717) is 6.54 Å². The fraction of sp³-hybridized carbons (Fsp3) is 0.714. The van der Waals surface area contributed by atoms with E-state index in [9.17, 15) is 0 Å². The number of rotatable bonds is 4. The molecule has 54 valence electrons. The Hall–Kier alpha value is -0.340. The Morgan fingerprint density at radius 3 is 2.67 bits per heavy atom. The average molecular weight is 129 g/mol. The maximum Gasteiger partial charge on any atom is 0.102 e. The van der Waals surface area contributed by atoms with Crippen LogP contribution in [-0.4, -0.2) is 17.9 Å². The van der Waals surface area contributed by atoms with Crippen molar-refractivity contribution in [2.24, 2.45) is 0 Å². The molecule has 0 amide bonds. The Kier molecular flexibility index (Phi) is 4.36. The van der Waals surface area contributed by atoms with Gasteiger partial charge < -0.3 is 5.11 Å².